The highest BCUT2D eigenvalue weighted by Crippen LogP contribution is 2.36. The number of hydrogen-bond acceptors (Lipinski definition) is 4. The molecule has 1 heterocycles. The number of halogens is 2. The third-order valence-corrected chi connectivity index (χ3v) is 4.31. The van der Waals surface area contributed by atoms with Crippen molar-refractivity contribution in [2.75, 3.05) is 18.0 Å². The summed E-state index contributed by atoms with van der Waals surface area (Å²) in [5.41, 5.74) is -0.0578. The van der Waals surface area contributed by atoms with Gasteiger partial charge in [-0.1, -0.05) is 6.92 Å². The van der Waals surface area contributed by atoms with Crippen molar-refractivity contribution in [1.82, 2.24) is 0 Å². The largest absolute Gasteiger partial charge is 0.481 e. The molecule has 0 saturated carbocycles. The lowest BCUT2D eigenvalue weighted by Gasteiger charge is -2.18. The van der Waals surface area contributed by atoms with Crippen molar-refractivity contribution in [3.8, 4) is 0 Å². The van der Waals surface area contributed by atoms with Crippen molar-refractivity contribution in [1.29, 1.82) is 0 Å². The molecule has 1 saturated heterocycles. The standard InChI is InChI=1S/C12H12FIN2O4/c1-6-4-15(5-7(6)12(17)18)10-2-8(13)9(14)3-11(10)16(19)20/h2-3,6-7H,4-5H2,1H3,(H,17,18). The highest BCUT2D eigenvalue weighted by atomic mass is 127. The van der Waals surface area contributed by atoms with E-state index in [4.69, 9.17) is 5.11 Å². The van der Waals surface area contributed by atoms with Crippen LogP contribution in [0.1, 0.15) is 6.92 Å². The lowest BCUT2D eigenvalue weighted by molar-refractivity contribution is -0.384. The molecule has 0 radical (unpaired) electrons. The molecule has 0 bridgehead atoms. The Hall–Kier alpha value is -1.45. The zero-order valence-electron chi connectivity index (χ0n) is 10.5. The molecular weight excluding hydrogens is 382 g/mol. The summed E-state index contributed by atoms with van der Waals surface area (Å²) in [6.07, 6.45) is 0. The van der Waals surface area contributed by atoms with Crippen LogP contribution in [0.25, 0.3) is 0 Å². The average Bonchev–Trinajstić information content (AvgIpc) is 2.74. The second-order valence-corrected chi connectivity index (χ2v) is 6.00. The molecule has 2 rings (SSSR count). The fourth-order valence-electron chi connectivity index (χ4n) is 2.41. The second-order valence-electron chi connectivity index (χ2n) is 4.84. The van der Waals surface area contributed by atoms with E-state index in [1.165, 1.54) is 6.07 Å². The highest BCUT2D eigenvalue weighted by molar-refractivity contribution is 14.1. The Morgan fingerprint density at radius 1 is 1.55 bits per heavy atom. The quantitative estimate of drug-likeness (QED) is 0.484. The average molecular weight is 394 g/mol. The second kappa shape index (κ2) is 5.51. The molecule has 0 aromatic heterocycles. The maximum Gasteiger partial charge on any atom is 0.308 e. The van der Waals surface area contributed by atoms with Gasteiger partial charge in [-0.3, -0.25) is 14.9 Å². The molecule has 8 heteroatoms. The van der Waals surface area contributed by atoms with Crippen LogP contribution >= 0.6 is 22.6 Å². The van der Waals surface area contributed by atoms with Crippen molar-refractivity contribution in [3.05, 3.63) is 31.6 Å². The molecule has 1 aromatic carbocycles. The van der Waals surface area contributed by atoms with Crippen molar-refractivity contribution < 1.29 is 19.2 Å². The van der Waals surface area contributed by atoms with Gasteiger partial charge in [0.2, 0.25) is 0 Å². The molecule has 1 aliphatic heterocycles. The number of carbonyl (C=O) groups is 1. The molecular formula is C12H12FIN2O4. The number of carboxylic acid groups (broad SMARTS) is 1. The summed E-state index contributed by atoms with van der Waals surface area (Å²) in [6, 6.07) is 2.28. The van der Waals surface area contributed by atoms with Crippen LogP contribution in [0.5, 0.6) is 0 Å². The molecule has 0 spiro atoms. The van der Waals surface area contributed by atoms with Crippen LogP contribution in [0.2, 0.25) is 0 Å². The Morgan fingerprint density at radius 2 is 2.20 bits per heavy atom. The number of rotatable bonds is 3. The summed E-state index contributed by atoms with van der Waals surface area (Å²) < 4.78 is 13.8. The summed E-state index contributed by atoms with van der Waals surface area (Å²) in [5.74, 6) is -2.22. The van der Waals surface area contributed by atoms with Crippen molar-refractivity contribution in [3.63, 3.8) is 0 Å². The van der Waals surface area contributed by atoms with Gasteiger partial charge >= 0.3 is 5.97 Å². The van der Waals surface area contributed by atoms with E-state index in [9.17, 15) is 19.3 Å². The number of nitro groups is 1. The number of carboxylic acids is 1. The van der Waals surface area contributed by atoms with E-state index in [1.807, 2.05) is 0 Å². The third-order valence-electron chi connectivity index (χ3n) is 3.48. The van der Waals surface area contributed by atoms with Gasteiger partial charge in [-0.15, -0.1) is 0 Å². The van der Waals surface area contributed by atoms with Gasteiger partial charge in [-0.05, 0) is 28.5 Å². The van der Waals surface area contributed by atoms with Gasteiger partial charge in [-0.25, -0.2) is 4.39 Å². The van der Waals surface area contributed by atoms with Gasteiger partial charge in [0.05, 0.1) is 14.4 Å². The van der Waals surface area contributed by atoms with Gasteiger partial charge in [0.15, 0.2) is 0 Å². The van der Waals surface area contributed by atoms with Crippen molar-refractivity contribution in [2.45, 2.75) is 6.92 Å². The first kappa shape index (κ1) is 14.9. The minimum atomic E-state index is -0.936. The summed E-state index contributed by atoms with van der Waals surface area (Å²) in [4.78, 5) is 23.2. The first-order valence-electron chi connectivity index (χ1n) is 5.92. The molecule has 20 heavy (non-hydrogen) atoms. The van der Waals surface area contributed by atoms with Gasteiger partial charge in [-0.2, -0.15) is 0 Å². The molecule has 108 valence electrons. The minimum Gasteiger partial charge on any atom is -0.481 e. The molecule has 6 nitrogen and oxygen atoms in total. The van der Waals surface area contributed by atoms with Gasteiger partial charge in [0.1, 0.15) is 11.5 Å². The van der Waals surface area contributed by atoms with Crippen LogP contribution < -0.4 is 4.90 Å². The Balaban J connectivity index is 2.41. The first-order chi connectivity index (χ1) is 9.31. The third kappa shape index (κ3) is 2.69. The van der Waals surface area contributed by atoms with Crippen LogP contribution in [0.4, 0.5) is 15.8 Å². The van der Waals surface area contributed by atoms with E-state index in [-0.39, 0.29) is 27.4 Å². The van der Waals surface area contributed by atoms with Gasteiger partial charge in [0.25, 0.3) is 5.69 Å². The summed E-state index contributed by atoms with van der Waals surface area (Å²) in [7, 11) is 0. The number of aliphatic carboxylic acids is 1. The van der Waals surface area contributed by atoms with E-state index in [2.05, 4.69) is 0 Å². The molecule has 1 N–H and O–H groups in total. The van der Waals surface area contributed by atoms with Crippen LogP contribution in [-0.4, -0.2) is 29.1 Å². The number of nitro benzene ring substituents is 1. The lowest BCUT2D eigenvalue weighted by atomic mass is 9.99. The van der Waals surface area contributed by atoms with E-state index in [0.29, 0.717) is 6.54 Å². The molecule has 0 aliphatic carbocycles. The monoisotopic (exact) mass is 394 g/mol. The summed E-state index contributed by atoms with van der Waals surface area (Å²) >= 11 is 1.69. The number of benzene rings is 1. The first-order valence-corrected chi connectivity index (χ1v) is 7.00. The van der Waals surface area contributed by atoms with Crippen molar-refractivity contribution in [2.24, 2.45) is 11.8 Å². The minimum absolute atomic E-state index is 0.142. The molecule has 0 amide bonds. The fourth-order valence-corrected chi connectivity index (χ4v) is 2.86. The molecule has 1 aliphatic rings. The Morgan fingerprint density at radius 3 is 2.70 bits per heavy atom. The van der Waals surface area contributed by atoms with Gasteiger partial charge in [0, 0.05) is 25.2 Å². The number of anilines is 1. The molecule has 2 unspecified atom stereocenters. The molecule has 2 atom stereocenters. The maximum absolute atomic E-state index is 13.7. The Labute approximate surface area is 127 Å². The molecule has 1 fully saturated rings. The van der Waals surface area contributed by atoms with Crippen LogP contribution in [0.3, 0.4) is 0 Å². The smallest absolute Gasteiger partial charge is 0.308 e. The Bertz CT molecular complexity index is 581. The summed E-state index contributed by atoms with van der Waals surface area (Å²) in [6.45, 7) is 2.28. The zero-order chi connectivity index (χ0) is 15.0. The number of nitrogens with zero attached hydrogens (tertiary/aromatic N) is 2. The van der Waals surface area contributed by atoms with Crippen LogP contribution in [0.15, 0.2) is 12.1 Å². The predicted octanol–water partition coefficient (Wildman–Crippen LogP) is 2.50. The normalized spacial score (nSPS) is 22.1. The predicted molar refractivity (Wildman–Crippen MR) is 78.3 cm³/mol. The maximum atomic E-state index is 13.7. The zero-order valence-corrected chi connectivity index (χ0v) is 12.7. The Kier molecular flexibility index (Phi) is 4.11. The van der Waals surface area contributed by atoms with Gasteiger partial charge < -0.3 is 10.0 Å². The summed E-state index contributed by atoms with van der Waals surface area (Å²) in [5, 5.41) is 20.2. The lowest BCUT2D eigenvalue weighted by Crippen LogP contribution is -2.23. The molecule has 1 aromatic rings. The van der Waals surface area contributed by atoms with E-state index < -0.39 is 22.6 Å². The van der Waals surface area contributed by atoms with Crippen LogP contribution in [-0.2, 0) is 4.79 Å². The van der Waals surface area contributed by atoms with E-state index in [1.54, 1.807) is 34.4 Å². The SMILES string of the molecule is CC1CN(c2cc(F)c(I)cc2[N+](=O)[O-])CC1C(=O)O. The highest BCUT2D eigenvalue weighted by Gasteiger charge is 2.37. The van der Waals surface area contributed by atoms with E-state index in [0.717, 1.165) is 6.07 Å². The van der Waals surface area contributed by atoms with E-state index >= 15 is 0 Å². The van der Waals surface area contributed by atoms with Crippen LogP contribution in [0, 0.1) is 31.3 Å². The van der Waals surface area contributed by atoms with Crippen molar-refractivity contribution >= 4 is 39.9 Å². The number of hydrogen-bond donors (Lipinski definition) is 1. The topological polar surface area (TPSA) is 83.7 Å². The fraction of sp³-hybridized carbons (Fsp3) is 0.417.